The molecule has 6 heteroatoms. The van der Waals surface area contributed by atoms with Crippen molar-refractivity contribution in [2.45, 2.75) is 200 Å². The van der Waals surface area contributed by atoms with Gasteiger partial charge >= 0.3 is 11.9 Å². The van der Waals surface area contributed by atoms with Gasteiger partial charge in [-0.1, -0.05) is 172 Å². The van der Waals surface area contributed by atoms with Crippen LogP contribution in [0.2, 0.25) is 0 Å². The average molecular weight is 703 g/mol. The van der Waals surface area contributed by atoms with Gasteiger partial charge in [-0.3, -0.25) is 9.59 Å². The summed E-state index contributed by atoms with van der Waals surface area (Å²) in [5.41, 5.74) is 0. The van der Waals surface area contributed by atoms with Gasteiger partial charge in [0.25, 0.3) is 0 Å². The molecule has 0 fully saturated rings. The van der Waals surface area contributed by atoms with Crippen molar-refractivity contribution < 1.29 is 29.3 Å². The Bertz CT molecular complexity index is 876. The second-order valence-electron chi connectivity index (χ2n) is 14.2. The molecule has 0 aliphatic heterocycles. The molecule has 0 aliphatic rings. The number of allylic oxidation sites excluding steroid dienone is 7. The number of aliphatic hydroxyl groups is 2. The van der Waals surface area contributed by atoms with E-state index in [9.17, 15) is 19.8 Å². The van der Waals surface area contributed by atoms with Crippen LogP contribution in [0.3, 0.4) is 0 Å². The van der Waals surface area contributed by atoms with E-state index < -0.39 is 6.10 Å². The highest BCUT2D eigenvalue weighted by molar-refractivity contribution is 5.69. The Balaban J connectivity index is 3.54. The number of carbonyl (C=O) groups excluding carboxylic acids is 2. The summed E-state index contributed by atoms with van der Waals surface area (Å²) in [6, 6.07) is 0. The van der Waals surface area contributed by atoms with Crippen molar-refractivity contribution in [1.29, 1.82) is 0 Å². The number of esters is 2. The number of hydrogen-bond acceptors (Lipinski definition) is 6. The lowest BCUT2D eigenvalue weighted by Gasteiger charge is -2.12. The van der Waals surface area contributed by atoms with Gasteiger partial charge < -0.3 is 19.7 Å². The fraction of sp³-hybridized carbons (Fsp3) is 0.773. The van der Waals surface area contributed by atoms with Crippen molar-refractivity contribution in [2.24, 2.45) is 5.92 Å². The molecule has 0 aromatic rings. The van der Waals surface area contributed by atoms with E-state index >= 15 is 0 Å². The monoisotopic (exact) mass is 703 g/mol. The summed E-state index contributed by atoms with van der Waals surface area (Å²) < 4.78 is 10.3. The van der Waals surface area contributed by atoms with Gasteiger partial charge in [-0.15, -0.1) is 0 Å². The van der Waals surface area contributed by atoms with E-state index in [4.69, 9.17) is 9.47 Å². The van der Waals surface area contributed by atoms with Gasteiger partial charge in [0.15, 0.2) is 0 Å². The number of ether oxygens (including phenoxy) is 2. The van der Waals surface area contributed by atoms with Crippen molar-refractivity contribution >= 4 is 11.9 Å². The van der Waals surface area contributed by atoms with Crippen molar-refractivity contribution in [3.05, 3.63) is 48.6 Å². The Morgan fingerprint density at radius 2 is 0.940 bits per heavy atom. The molecule has 0 rings (SSSR count). The fourth-order valence-electron chi connectivity index (χ4n) is 5.66. The Labute approximate surface area is 308 Å². The van der Waals surface area contributed by atoms with Gasteiger partial charge in [-0.2, -0.15) is 0 Å². The Morgan fingerprint density at radius 1 is 0.520 bits per heavy atom. The second-order valence-corrected chi connectivity index (χ2v) is 14.2. The molecule has 0 bridgehead atoms. The third kappa shape index (κ3) is 37.1. The highest BCUT2D eigenvalue weighted by Gasteiger charge is 2.12. The lowest BCUT2D eigenvalue weighted by atomic mass is 9.99. The van der Waals surface area contributed by atoms with Gasteiger partial charge in [0, 0.05) is 12.8 Å². The number of aliphatic hydroxyl groups excluding tert-OH is 2. The quantitative estimate of drug-likeness (QED) is 0.0383. The third-order valence-electron chi connectivity index (χ3n) is 9.16. The molecular weight excluding hydrogens is 624 g/mol. The van der Waals surface area contributed by atoms with Crippen LogP contribution in [-0.2, 0) is 19.1 Å². The predicted molar refractivity (Wildman–Crippen MR) is 211 cm³/mol. The molecule has 3 atom stereocenters. The first-order valence-corrected chi connectivity index (χ1v) is 20.7. The van der Waals surface area contributed by atoms with Gasteiger partial charge in [0.1, 0.15) is 19.3 Å². The van der Waals surface area contributed by atoms with E-state index in [-0.39, 0.29) is 31.3 Å². The van der Waals surface area contributed by atoms with Crippen LogP contribution in [-0.4, -0.2) is 47.6 Å². The van der Waals surface area contributed by atoms with Crippen LogP contribution in [0, 0.1) is 5.92 Å². The smallest absolute Gasteiger partial charge is 0.305 e. The molecule has 0 amide bonds. The van der Waals surface area contributed by atoms with Crippen molar-refractivity contribution in [3.8, 4) is 0 Å². The lowest BCUT2D eigenvalue weighted by molar-refractivity contribution is -0.152. The minimum Gasteiger partial charge on any atom is -0.463 e. The van der Waals surface area contributed by atoms with Crippen LogP contribution >= 0.6 is 0 Å². The van der Waals surface area contributed by atoms with Gasteiger partial charge in [0.2, 0.25) is 0 Å². The third-order valence-corrected chi connectivity index (χ3v) is 9.16. The molecule has 290 valence electrons. The van der Waals surface area contributed by atoms with Crippen LogP contribution in [0.25, 0.3) is 0 Å². The molecule has 0 aromatic carbocycles. The number of carbonyl (C=O) groups is 2. The maximum atomic E-state index is 12.0. The molecule has 0 saturated carbocycles. The van der Waals surface area contributed by atoms with Crippen LogP contribution in [0.15, 0.2) is 48.6 Å². The largest absolute Gasteiger partial charge is 0.463 e. The molecule has 0 saturated heterocycles. The highest BCUT2D eigenvalue weighted by Crippen LogP contribution is 2.16. The lowest BCUT2D eigenvalue weighted by Crippen LogP contribution is -2.25. The minimum absolute atomic E-state index is 0.141. The van der Waals surface area contributed by atoms with Crippen LogP contribution in [0.1, 0.15) is 188 Å². The summed E-state index contributed by atoms with van der Waals surface area (Å²) in [5.74, 6) is 0.251. The zero-order valence-electron chi connectivity index (χ0n) is 32.7. The van der Waals surface area contributed by atoms with Gasteiger partial charge in [-0.25, -0.2) is 0 Å². The van der Waals surface area contributed by atoms with Gasteiger partial charge in [0.05, 0.1) is 6.10 Å². The molecule has 2 unspecified atom stereocenters. The molecular formula is C44H78O6. The first-order chi connectivity index (χ1) is 24.4. The van der Waals surface area contributed by atoms with E-state index in [1.54, 1.807) is 0 Å². The summed E-state index contributed by atoms with van der Waals surface area (Å²) >= 11 is 0. The maximum absolute atomic E-state index is 12.0. The number of hydrogen-bond donors (Lipinski definition) is 2. The average Bonchev–Trinajstić information content (AvgIpc) is 3.11. The van der Waals surface area contributed by atoms with Gasteiger partial charge in [-0.05, 0) is 57.3 Å². The minimum atomic E-state index is -0.995. The topological polar surface area (TPSA) is 93.1 Å². The zero-order chi connectivity index (χ0) is 36.8. The first-order valence-electron chi connectivity index (χ1n) is 20.7. The van der Waals surface area contributed by atoms with Crippen molar-refractivity contribution in [2.75, 3.05) is 13.2 Å². The van der Waals surface area contributed by atoms with Crippen LogP contribution in [0.4, 0.5) is 0 Å². The summed E-state index contributed by atoms with van der Waals surface area (Å²) in [5, 5.41) is 19.7. The summed E-state index contributed by atoms with van der Waals surface area (Å²) in [4.78, 5) is 23.9. The molecule has 0 aliphatic carbocycles. The van der Waals surface area contributed by atoms with E-state index in [1.165, 1.54) is 83.5 Å². The van der Waals surface area contributed by atoms with Crippen molar-refractivity contribution in [1.82, 2.24) is 0 Å². The van der Waals surface area contributed by atoms with E-state index in [1.807, 2.05) is 0 Å². The Morgan fingerprint density at radius 3 is 1.42 bits per heavy atom. The molecule has 6 nitrogen and oxygen atoms in total. The zero-order valence-corrected chi connectivity index (χ0v) is 32.7. The van der Waals surface area contributed by atoms with E-state index in [2.05, 4.69) is 69.4 Å². The molecule has 2 N–H and O–H groups in total. The van der Waals surface area contributed by atoms with Crippen LogP contribution < -0.4 is 0 Å². The second kappa shape index (κ2) is 38.1. The normalized spacial score (nSPS) is 13.9. The SMILES string of the molecule is CCCC(O)C/C=C\C/C=C\C/C=C\C/C=C\CCCC(=O)OC[C@@H](O)COC(=O)CCCCCCCCCCCCCCCCC(C)CC. The van der Waals surface area contributed by atoms with E-state index in [0.717, 1.165) is 70.1 Å². The molecule has 0 spiro atoms. The van der Waals surface area contributed by atoms with Crippen molar-refractivity contribution in [3.63, 3.8) is 0 Å². The first kappa shape index (κ1) is 47.8. The molecule has 0 radical (unpaired) electrons. The summed E-state index contributed by atoms with van der Waals surface area (Å²) in [6.45, 7) is 6.44. The summed E-state index contributed by atoms with van der Waals surface area (Å²) in [6.07, 6.45) is 43.7. The summed E-state index contributed by atoms with van der Waals surface area (Å²) in [7, 11) is 0. The highest BCUT2D eigenvalue weighted by atomic mass is 16.6. The predicted octanol–water partition coefficient (Wildman–Crippen LogP) is 11.8. The Hall–Kier alpha value is -2.18. The van der Waals surface area contributed by atoms with Crippen LogP contribution in [0.5, 0.6) is 0 Å². The number of unbranched alkanes of at least 4 members (excludes halogenated alkanes) is 14. The standard InChI is InChI=1S/C44H78O6/c1-4-33-41(45)35-30-26-22-18-14-10-8-12-16-20-24-28-32-37-44(48)50-39-42(46)38-49-43(47)36-31-27-23-19-15-11-7-6-9-13-17-21-25-29-34-40(3)5-2/h8,12,14,18,20,24,26,30,40-42,45-46H,4-7,9-11,13,15-17,19,21-23,25,27-29,31-39H2,1-3H3/b12-8-,18-14-,24-20-,30-26-/t40?,41?,42-/m0/s1. The molecule has 50 heavy (non-hydrogen) atoms. The maximum Gasteiger partial charge on any atom is 0.305 e. The Kier molecular flexibility index (Phi) is 36.4. The van der Waals surface area contributed by atoms with E-state index in [0.29, 0.717) is 19.3 Å². The molecule has 0 aromatic heterocycles. The molecule has 0 heterocycles. The number of rotatable bonds is 36. The fourth-order valence-corrected chi connectivity index (χ4v) is 5.66.